The van der Waals surface area contributed by atoms with E-state index in [0.29, 0.717) is 0 Å². The van der Waals surface area contributed by atoms with Crippen LogP contribution in [0.1, 0.15) is 5.56 Å². The zero-order valence-corrected chi connectivity index (χ0v) is 8.51. The highest BCUT2D eigenvalue weighted by Gasteiger charge is 2.11. The minimum atomic E-state index is 0.969. The van der Waals surface area contributed by atoms with Gasteiger partial charge in [-0.05, 0) is 17.7 Å². The number of benzene rings is 1. The van der Waals surface area contributed by atoms with Gasteiger partial charge in [-0.3, -0.25) is 0 Å². The van der Waals surface area contributed by atoms with Crippen molar-refractivity contribution in [2.24, 2.45) is 0 Å². The Hall–Kier alpha value is -0.760. The third-order valence-electron chi connectivity index (χ3n) is 2.05. The fraction of sp³-hybridized carbons (Fsp3) is 0.200. The molecule has 1 aliphatic rings. The summed E-state index contributed by atoms with van der Waals surface area (Å²) in [6.45, 7) is 0.969. The molecule has 0 fully saturated rings. The highest BCUT2D eigenvalue weighted by Crippen LogP contribution is 2.28. The first kappa shape index (κ1) is 7.87. The molecule has 0 aliphatic carbocycles. The van der Waals surface area contributed by atoms with Crippen LogP contribution in [0.15, 0.2) is 28.7 Å². The summed E-state index contributed by atoms with van der Waals surface area (Å²) in [6, 6.07) is 8.41. The summed E-state index contributed by atoms with van der Waals surface area (Å²) >= 11 is 3.52. The lowest BCUT2D eigenvalue weighted by molar-refractivity contribution is 1.01. The van der Waals surface area contributed by atoms with E-state index in [1.165, 1.54) is 15.7 Å². The summed E-state index contributed by atoms with van der Waals surface area (Å²) < 4.78 is 1.24. The molecule has 1 aromatic rings. The molecule has 0 unspecified atom stereocenters. The van der Waals surface area contributed by atoms with E-state index < -0.39 is 0 Å². The Morgan fingerprint density at radius 3 is 2.92 bits per heavy atom. The summed E-state index contributed by atoms with van der Waals surface area (Å²) in [7, 11) is 2.10. The molecule has 2 rings (SSSR count). The molecule has 0 atom stereocenters. The maximum Gasteiger partial charge on any atom is 0.0492 e. The van der Waals surface area contributed by atoms with Gasteiger partial charge in [0.25, 0.3) is 0 Å². The average molecular weight is 224 g/mol. The van der Waals surface area contributed by atoms with Crippen molar-refractivity contribution in [1.82, 2.24) is 0 Å². The van der Waals surface area contributed by atoms with Crippen LogP contribution < -0.4 is 4.90 Å². The fourth-order valence-corrected chi connectivity index (χ4v) is 2.11. The lowest BCUT2D eigenvalue weighted by Gasteiger charge is -2.25. The van der Waals surface area contributed by atoms with Gasteiger partial charge in [0, 0.05) is 23.8 Å². The predicted molar refractivity (Wildman–Crippen MR) is 56.6 cm³/mol. The van der Waals surface area contributed by atoms with Crippen molar-refractivity contribution in [3.8, 4) is 0 Å². The summed E-state index contributed by atoms with van der Waals surface area (Å²) in [6.07, 6.45) is 2.18. The Morgan fingerprint density at radius 1 is 1.33 bits per heavy atom. The van der Waals surface area contributed by atoms with Gasteiger partial charge in [0.15, 0.2) is 0 Å². The van der Waals surface area contributed by atoms with Gasteiger partial charge in [-0.15, -0.1) is 0 Å². The molecular weight excluding hydrogens is 214 g/mol. The second-order valence-corrected chi connectivity index (χ2v) is 4.02. The minimum Gasteiger partial charge on any atom is -0.369 e. The highest BCUT2D eigenvalue weighted by atomic mass is 79.9. The maximum absolute atomic E-state index is 3.52. The molecule has 0 aromatic heterocycles. The van der Waals surface area contributed by atoms with Crippen LogP contribution in [-0.2, 0) is 0 Å². The Kier molecular flexibility index (Phi) is 1.93. The number of anilines is 1. The maximum atomic E-state index is 3.52. The summed E-state index contributed by atoms with van der Waals surface area (Å²) in [4.78, 5) is 2.24. The molecule has 0 radical (unpaired) electrons. The van der Waals surface area contributed by atoms with Crippen molar-refractivity contribution in [2.75, 3.05) is 18.5 Å². The topological polar surface area (TPSA) is 3.24 Å². The molecule has 1 nitrogen and oxygen atoms in total. The monoisotopic (exact) mass is 223 g/mol. The van der Waals surface area contributed by atoms with E-state index in [4.69, 9.17) is 0 Å². The van der Waals surface area contributed by atoms with E-state index >= 15 is 0 Å². The summed E-state index contributed by atoms with van der Waals surface area (Å²) in [5, 5.41) is 0. The molecule has 62 valence electrons. The standard InChI is InChI=1S/C10H10BrN/c1-12-7-9(11)6-8-4-2-3-5-10(8)12/h2-6H,7H2,1H3. The van der Waals surface area contributed by atoms with Crippen LogP contribution in [0.25, 0.3) is 6.08 Å². The summed E-state index contributed by atoms with van der Waals surface area (Å²) in [5.41, 5.74) is 2.60. The molecule has 1 aromatic carbocycles. The van der Waals surface area contributed by atoms with Crippen molar-refractivity contribution in [3.63, 3.8) is 0 Å². The van der Waals surface area contributed by atoms with Gasteiger partial charge in [0.2, 0.25) is 0 Å². The number of hydrogen-bond donors (Lipinski definition) is 0. The zero-order chi connectivity index (χ0) is 8.55. The first-order valence-electron chi connectivity index (χ1n) is 3.93. The second-order valence-electron chi connectivity index (χ2n) is 3.01. The van der Waals surface area contributed by atoms with Crippen LogP contribution in [0, 0.1) is 0 Å². The van der Waals surface area contributed by atoms with Gasteiger partial charge in [-0.2, -0.15) is 0 Å². The van der Waals surface area contributed by atoms with Crippen molar-refractivity contribution in [1.29, 1.82) is 0 Å². The molecule has 0 bridgehead atoms. The van der Waals surface area contributed by atoms with Crippen molar-refractivity contribution >= 4 is 27.7 Å². The Balaban J connectivity index is 2.55. The number of fused-ring (bicyclic) bond motifs is 1. The van der Waals surface area contributed by atoms with Gasteiger partial charge < -0.3 is 4.90 Å². The number of para-hydroxylation sites is 1. The van der Waals surface area contributed by atoms with E-state index in [1.54, 1.807) is 0 Å². The van der Waals surface area contributed by atoms with Crippen LogP contribution in [0.2, 0.25) is 0 Å². The predicted octanol–water partition coefficient (Wildman–Crippen LogP) is 2.87. The van der Waals surface area contributed by atoms with Crippen LogP contribution >= 0.6 is 15.9 Å². The van der Waals surface area contributed by atoms with Gasteiger partial charge in [-0.1, -0.05) is 34.1 Å². The first-order valence-corrected chi connectivity index (χ1v) is 4.73. The zero-order valence-electron chi connectivity index (χ0n) is 6.92. The number of likely N-dealkylation sites (N-methyl/N-ethyl adjacent to an activating group) is 1. The van der Waals surface area contributed by atoms with Crippen molar-refractivity contribution in [2.45, 2.75) is 0 Å². The molecule has 0 N–H and O–H groups in total. The fourth-order valence-electron chi connectivity index (χ4n) is 1.48. The molecule has 0 saturated carbocycles. The molecular formula is C10H10BrN. The normalized spacial score (nSPS) is 15.5. The number of nitrogens with zero attached hydrogens (tertiary/aromatic N) is 1. The largest absolute Gasteiger partial charge is 0.369 e. The Labute approximate surface area is 80.8 Å². The number of hydrogen-bond acceptors (Lipinski definition) is 1. The van der Waals surface area contributed by atoms with Crippen molar-refractivity contribution < 1.29 is 0 Å². The Morgan fingerprint density at radius 2 is 2.08 bits per heavy atom. The van der Waals surface area contributed by atoms with Gasteiger partial charge >= 0.3 is 0 Å². The smallest absolute Gasteiger partial charge is 0.0492 e. The van der Waals surface area contributed by atoms with Gasteiger partial charge in [0.1, 0.15) is 0 Å². The van der Waals surface area contributed by atoms with E-state index in [9.17, 15) is 0 Å². The molecule has 1 heterocycles. The van der Waals surface area contributed by atoms with Gasteiger partial charge in [-0.25, -0.2) is 0 Å². The Bertz CT molecular complexity index is 330. The number of rotatable bonds is 0. The van der Waals surface area contributed by atoms with Crippen molar-refractivity contribution in [3.05, 3.63) is 34.3 Å². The summed E-state index contributed by atoms with van der Waals surface area (Å²) in [5.74, 6) is 0. The van der Waals surface area contributed by atoms with Gasteiger partial charge in [0.05, 0.1) is 0 Å². The molecule has 2 heteroatoms. The molecule has 0 spiro atoms. The molecule has 0 amide bonds. The lowest BCUT2D eigenvalue weighted by Crippen LogP contribution is -2.21. The van der Waals surface area contributed by atoms with Crippen LogP contribution in [0.5, 0.6) is 0 Å². The number of halogens is 1. The van der Waals surface area contributed by atoms with Crippen LogP contribution in [-0.4, -0.2) is 13.6 Å². The third kappa shape index (κ3) is 1.27. The quantitative estimate of drug-likeness (QED) is 0.654. The first-order chi connectivity index (χ1) is 5.77. The highest BCUT2D eigenvalue weighted by molar-refractivity contribution is 9.11. The molecule has 0 saturated heterocycles. The van der Waals surface area contributed by atoms with E-state index in [2.05, 4.69) is 58.2 Å². The second kappa shape index (κ2) is 2.94. The molecule has 12 heavy (non-hydrogen) atoms. The SMILES string of the molecule is CN1CC(Br)=Cc2ccccc21. The van der Waals surface area contributed by atoms with E-state index in [1.807, 2.05) is 0 Å². The minimum absolute atomic E-state index is 0.969. The average Bonchev–Trinajstić information content (AvgIpc) is 2.04. The lowest BCUT2D eigenvalue weighted by atomic mass is 10.1. The van der Waals surface area contributed by atoms with Crippen LogP contribution in [0.4, 0.5) is 5.69 Å². The molecule has 1 aliphatic heterocycles. The van der Waals surface area contributed by atoms with E-state index in [0.717, 1.165) is 6.54 Å². The van der Waals surface area contributed by atoms with E-state index in [-0.39, 0.29) is 0 Å². The van der Waals surface area contributed by atoms with Crippen LogP contribution in [0.3, 0.4) is 0 Å². The third-order valence-corrected chi connectivity index (χ3v) is 2.53.